The van der Waals surface area contributed by atoms with Crippen molar-refractivity contribution >= 4 is 0 Å². The van der Waals surface area contributed by atoms with E-state index in [0.717, 1.165) is 38.5 Å². The van der Waals surface area contributed by atoms with E-state index in [1.165, 1.54) is 5.56 Å². The molecule has 0 spiro atoms. The van der Waals surface area contributed by atoms with Gasteiger partial charge >= 0.3 is 0 Å². The number of ether oxygens (including phenoxy) is 1. The number of likely N-dealkylation sites (N-methyl/N-ethyl adjacent to an activating group) is 1. The SMILES string of the molecule is CN1CCOC(CNCc2ccccc2-n2cncn2)C1. The van der Waals surface area contributed by atoms with Crippen LogP contribution < -0.4 is 5.32 Å². The Balaban J connectivity index is 1.58. The van der Waals surface area contributed by atoms with Crippen LogP contribution in [-0.4, -0.2) is 59.1 Å². The fourth-order valence-corrected chi connectivity index (χ4v) is 2.57. The quantitative estimate of drug-likeness (QED) is 0.877. The van der Waals surface area contributed by atoms with E-state index >= 15 is 0 Å². The van der Waals surface area contributed by atoms with Crippen LogP contribution in [0, 0.1) is 0 Å². The molecule has 3 rings (SSSR count). The molecule has 0 saturated carbocycles. The molecule has 2 heterocycles. The molecule has 6 nitrogen and oxygen atoms in total. The highest BCUT2D eigenvalue weighted by atomic mass is 16.5. The maximum absolute atomic E-state index is 5.76. The summed E-state index contributed by atoms with van der Waals surface area (Å²) in [7, 11) is 2.13. The van der Waals surface area contributed by atoms with Gasteiger partial charge in [0, 0.05) is 26.2 Å². The van der Waals surface area contributed by atoms with Gasteiger partial charge in [0.25, 0.3) is 0 Å². The molecule has 0 radical (unpaired) electrons. The molecular weight excluding hydrogens is 266 g/mol. The van der Waals surface area contributed by atoms with Crippen LogP contribution in [0.15, 0.2) is 36.9 Å². The van der Waals surface area contributed by atoms with Gasteiger partial charge in [0.1, 0.15) is 12.7 Å². The number of aromatic nitrogens is 3. The number of rotatable bonds is 5. The van der Waals surface area contributed by atoms with E-state index in [1.807, 2.05) is 12.1 Å². The molecule has 1 N–H and O–H groups in total. The minimum Gasteiger partial charge on any atom is -0.374 e. The molecule has 1 aromatic carbocycles. The fraction of sp³-hybridized carbons (Fsp3) is 0.467. The third kappa shape index (κ3) is 3.66. The van der Waals surface area contributed by atoms with Gasteiger partial charge < -0.3 is 15.0 Å². The minimum absolute atomic E-state index is 0.266. The number of morpholine rings is 1. The lowest BCUT2D eigenvalue weighted by Crippen LogP contribution is -2.44. The number of nitrogens with zero attached hydrogens (tertiary/aromatic N) is 4. The summed E-state index contributed by atoms with van der Waals surface area (Å²) in [6, 6.07) is 8.22. The lowest BCUT2D eigenvalue weighted by Gasteiger charge is -2.30. The first-order valence-corrected chi connectivity index (χ1v) is 7.26. The zero-order valence-electron chi connectivity index (χ0n) is 12.3. The fourth-order valence-electron chi connectivity index (χ4n) is 2.57. The van der Waals surface area contributed by atoms with Gasteiger partial charge in [-0.25, -0.2) is 9.67 Å². The summed E-state index contributed by atoms with van der Waals surface area (Å²) in [5, 5.41) is 7.68. The van der Waals surface area contributed by atoms with Crippen molar-refractivity contribution in [3.8, 4) is 5.69 Å². The Morgan fingerprint density at radius 2 is 2.29 bits per heavy atom. The van der Waals surface area contributed by atoms with Crippen molar-refractivity contribution < 1.29 is 4.74 Å². The average molecular weight is 287 g/mol. The van der Waals surface area contributed by atoms with E-state index in [0.29, 0.717) is 0 Å². The van der Waals surface area contributed by atoms with E-state index in [2.05, 4.69) is 39.5 Å². The Kier molecular flexibility index (Phi) is 4.59. The smallest absolute Gasteiger partial charge is 0.138 e. The Morgan fingerprint density at radius 1 is 1.38 bits per heavy atom. The lowest BCUT2D eigenvalue weighted by molar-refractivity contribution is -0.0182. The highest BCUT2D eigenvalue weighted by Gasteiger charge is 2.17. The van der Waals surface area contributed by atoms with Crippen LogP contribution in [-0.2, 0) is 11.3 Å². The molecule has 1 aliphatic rings. The second-order valence-corrected chi connectivity index (χ2v) is 5.35. The van der Waals surface area contributed by atoms with Crippen molar-refractivity contribution in [1.29, 1.82) is 0 Å². The van der Waals surface area contributed by atoms with Gasteiger partial charge in [-0.05, 0) is 18.7 Å². The van der Waals surface area contributed by atoms with Crippen LogP contribution >= 0.6 is 0 Å². The molecule has 0 aliphatic carbocycles. The van der Waals surface area contributed by atoms with Gasteiger partial charge in [-0.2, -0.15) is 5.10 Å². The molecule has 1 aliphatic heterocycles. The summed E-state index contributed by atoms with van der Waals surface area (Å²) in [6.07, 6.45) is 3.54. The maximum Gasteiger partial charge on any atom is 0.138 e. The van der Waals surface area contributed by atoms with Crippen LogP contribution in [0.1, 0.15) is 5.56 Å². The summed E-state index contributed by atoms with van der Waals surface area (Å²) < 4.78 is 7.55. The first-order valence-electron chi connectivity index (χ1n) is 7.26. The van der Waals surface area contributed by atoms with Crippen LogP contribution in [0.3, 0.4) is 0 Å². The van der Waals surface area contributed by atoms with E-state index < -0.39 is 0 Å². The van der Waals surface area contributed by atoms with Crippen LogP contribution in [0.2, 0.25) is 0 Å². The number of para-hydroxylation sites is 1. The Morgan fingerprint density at radius 3 is 3.10 bits per heavy atom. The second kappa shape index (κ2) is 6.80. The zero-order valence-corrected chi connectivity index (χ0v) is 12.3. The van der Waals surface area contributed by atoms with Crippen molar-refractivity contribution in [3.05, 3.63) is 42.5 Å². The average Bonchev–Trinajstić information content (AvgIpc) is 3.02. The summed E-state index contributed by atoms with van der Waals surface area (Å²) in [4.78, 5) is 6.31. The van der Waals surface area contributed by atoms with Crippen LogP contribution in [0.5, 0.6) is 0 Å². The third-order valence-corrected chi connectivity index (χ3v) is 3.69. The molecule has 21 heavy (non-hydrogen) atoms. The lowest BCUT2D eigenvalue weighted by atomic mass is 10.1. The summed E-state index contributed by atoms with van der Waals surface area (Å²) in [5.74, 6) is 0. The standard InChI is InChI=1S/C15H21N5O/c1-19-6-7-21-14(10-19)9-16-8-13-4-2-3-5-15(13)20-12-17-11-18-20/h2-5,11-12,14,16H,6-10H2,1H3. The van der Waals surface area contributed by atoms with E-state index in [9.17, 15) is 0 Å². The molecule has 0 bridgehead atoms. The second-order valence-electron chi connectivity index (χ2n) is 5.35. The van der Waals surface area contributed by atoms with Crippen molar-refractivity contribution in [2.75, 3.05) is 33.3 Å². The molecule has 1 aromatic heterocycles. The Labute approximate surface area is 124 Å². The van der Waals surface area contributed by atoms with Gasteiger partial charge in [-0.15, -0.1) is 0 Å². The van der Waals surface area contributed by atoms with Crippen molar-refractivity contribution in [2.45, 2.75) is 12.6 Å². The monoisotopic (exact) mass is 287 g/mol. The molecule has 2 aromatic rings. The molecule has 1 saturated heterocycles. The molecule has 6 heteroatoms. The van der Waals surface area contributed by atoms with Gasteiger partial charge in [0.2, 0.25) is 0 Å². The molecule has 1 unspecified atom stereocenters. The first-order chi connectivity index (χ1) is 10.3. The number of benzene rings is 1. The van der Waals surface area contributed by atoms with Crippen LogP contribution in [0.4, 0.5) is 0 Å². The minimum atomic E-state index is 0.266. The topological polar surface area (TPSA) is 55.2 Å². The normalized spacial score (nSPS) is 19.8. The van der Waals surface area contributed by atoms with Gasteiger partial charge in [-0.3, -0.25) is 0 Å². The summed E-state index contributed by atoms with van der Waals surface area (Å²) in [5.41, 5.74) is 2.26. The largest absolute Gasteiger partial charge is 0.374 e. The van der Waals surface area contributed by atoms with Gasteiger partial charge in [0.05, 0.1) is 18.4 Å². The highest BCUT2D eigenvalue weighted by Crippen LogP contribution is 2.12. The van der Waals surface area contributed by atoms with Crippen molar-refractivity contribution in [2.24, 2.45) is 0 Å². The van der Waals surface area contributed by atoms with E-state index in [1.54, 1.807) is 17.3 Å². The summed E-state index contributed by atoms with van der Waals surface area (Å²) in [6.45, 7) is 4.47. The summed E-state index contributed by atoms with van der Waals surface area (Å²) >= 11 is 0. The number of hydrogen-bond acceptors (Lipinski definition) is 5. The number of hydrogen-bond donors (Lipinski definition) is 1. The van der Waals surface area contributed by atoms with E-state index in [-0.39, 0.29) is 6.10 Å². The Hall–Kier alpha value is -1.76. The maximum atomic E-state index is 5.76. The predicted molar refractivity (Wildman–Crippen MR) is 80.3 cm³/mol. The molecule has 1 fully saturated rings. The van der Waals surface area contributed by atoms with Crippen LogP contribution in [0.25, 0.3) is 5.69 Å². The Bertz CT molecular complexity index is 557. The number of nitrogens with one attached hydrogen (secondary N) is 1. The van der Waals surface area contributed by atoms with Crippen molar-refractivity contribution in [3.63, 3.8) is 0 Å². The molecule has 1 atom stereocenters. The zero-order chi connectivity index (χ0) is 14.5. The van der Waals surface area contributed by atoms with Crippen molar-refractivity contribution in [1.82, 2.24) is 25.0 Å². The molecule has 0 amide bonds. The van der Waals surface area contributed by atoms with Gasteiger partial charge in [-0.1, -0.05) is 18.2 Å². The highest BCUT2D eigenvalue weighted by molar-refractivity contribution is 5.39. The van der Waals surface area contributed by atoms with E-state index in [4.69, 9.17) is 4.74 Å². The molecule has 112 valence electrons. The molecular formula is C15H21N5O. The third-order valence-electron chi connectivity index (χ3n) is 3.69. The first kappa shape index (κ1) is 14.2. The predicted octanol–water partition coefficient (Wildman–Crippen LogP) is 0.687. The van der Waals surface area contributed by atoms with Gasteiger partial charge in [0.15, 0.2) is 0 Å².